The molecule has 22 heavy (non-hydrogen) atoms. The Morgan fingerprint density at radius 2 is 2.27 bits per heavy atom. The number of nitrogens with zero attached hydrogens (tertiary/aromatic N) is 2. The zero-order chi connectivity index (χ0) is 15.7. The van der Waals surface area contributed by atoms with Gasteiger partial charge in [-0.05, 0) is 25.1 Å². The van der Waals surface area contributed by atoms with Crippen molar-refractivity contribution in [1.29, 1.82) is 0 Å². The zero-order valence-electron chi connectivity index (χ0n) is 12.3. The van der Waals surface area contributed by atoms with Gasteiger partial charge in [0, 0.05) is 11.6 Å². The molecule has 1 saturated heterocycles. The van der Waals surface area contributed by atoms with E-state index in [0.29, 0.717) is 36.2 Å². The van der Waals surface area contributed by atoms with Gasteiger partial charge in [-0.15, -0.1) is 0 Å². The molecule has 0 radical (unpaired) electrons. The lowest BCUT2D eigenvalue weighted by molar-refractivity contribution is -0.138. The molecule has 0 aliphatic carbocycles. The predicted molar refractivity (Wildman–Crippen MR) is 81.3 cm³/mol. The van der Waals surface area contributed by atoms with Crippen molar-refractivity contribution < 1.29 is 19.1 Å². The quantitative estimate of drug-likeness (QED) is 0.823. The number of benzene rings is 1. The van der Waals surface area contributed by atoms with Gasteiger partial charge >= 0.3 is 0 Å². The number of hydrogen-bond donors (Lipinski definition) is 0. The van der Waals surface area contributed by atoms with E-state index in [4.69, 9.17) is 21.1 Å². The largest absolute Gasteiger partial charge is 0.482 e. The van der Waals surface area contributed by atoms with Crippen LogP contribution in [0.15, 0.2) is 18.2 Å². The summed E-state index contributed by atoms with van der Waals surface area (Å²) in [4.78, 5) is 27.8. The third-order valence-electron chi connectivity index (χ3n) is 3.85. The molecule has 1 aromatic carbocycles. The van der Waals surface area contributed by atoms with Crippen LogP contribution in [-0.2, 0) is 14.3 Å². The van der Waals surface area contributed by atoms with Crippen LogP contribution in [-0.4, -0.2) is 55.7 Å². The highest BCUT2D eigenvalue weighted by atomic mass is 35.5. The van der Waals surface area contributed by atoms with Crippen LogP contribution < -0.4 is 9.64 Å². The summed E-state index contributed by atoms with van der Waals surface area (Å²) < 4.78 is 10.7. The Morgan fingerprint density at radius 3 is 3.05 bits per heavy atom. The van der Waals surface area contributed by atoms with Crippen molar-refractivity contribution in [2.24, 2.45) is 0 Å². The van der Waals surface area contributed by atoms with E-state index in [1.165, 1.54) is 4.90 Å². The van der Waals surface area contributed by atoms with E-state index in [1.54, 1.807) is 23.1 Å². The number of halogens is 1. The fraction of sp³-hybridized carbons (Fsp3) is 0.467. The standard InChI is InChI=1S/C15H17ClN2O4/c1-10-8-21-5-4-17(10)14(19)7-18-12-6-11(16)2-3-13(12)22-9-15(18)20/h2-3,6,10H,4-5,7-9H2,1H3/t10-/m0/s1. The monoisotopic (exact) mass is 324 g/mol. The summed E-state index contributed by atoms with van der Waals surface area (Å²) in [5.41, 5.74) is 0.540. The molecule has 0 spiro atoms. The first kappa shape index (κ1) is 15.1. The van der Waals surface area contributed by atoms with Crippen LogP contribution >= 0.6 is 11.6 Å². The molecule has 0 unspecified atom stereocenters. The van der Waals surface area contributed by atoms with Crippen molar-refractivity contribution in [2.75, 3.05) is 37.8 Å². The average Bonchev–Trinajstić information content (AvgIpc) is 2.50. The summed E-state index contributed by atoms with van der Waals surface area (Å²) in [6.45, 7) is 3.44. The highest BCUT2D eigenvalue weighted by Gasteiger charge is 2.31. The first-order chi connectivity index (χ1) is 10.6. The molecule has 118 valence electrons. The van der Waals surface area contributed by atoms with Gasteiger partial charge in [-0.2, -0.15) is 0 Å². The van der Waals surface area contributed by atoms with Gasteiger partial charge in [0.2, 0.25) is 5.91 Å². The second-order valence-corrected chi connectivity index (χ2v) is 5.83. The number of morpholine rings is 1. The van der Waals surface area contributed by atoms with Gasteiger partial charge in [-0.1, -0.05) is 11.6 Å². The van der Waals surface area contributed by atoms with Crippen molar-refractivity contribution in [3.05, 3.63) is 23.2 Å². The molecule has 1 fully saturated rings. The summed E-state index contributed by atoms with van der Waals surface area (Å²) in [6, 6.07) is 5.06. The zero-order valence-corrected chi connectivity index (χ0v) is 13.0. The summed E-state index contributed by atoms with van der Waals surface area (Å²) in [5, 5.41) is 0.495. The topological polar surface area (TPSA) is 59.1 Å². The van der Waals surface area contributed by atoms with Gasteiger partial charge in [-0.3, -0.25) is 14.5 Å². The number of amides is 2. The number of fused-ring (bicyclic) bond motifs is 1. The highest BCUT2D eigenvalue weighted by molar-refractivity contribution is 6.31. The second-order valence-electron chi connectivity index (χ2n) is 5.39. The third kappa shape index (κ3) is 2.89. The fourth-order valence-electron chi connectivity index (χ4n) is 2.67. The number of carbonyl (C=O) groups is 2. The van der Waals surface area contributed by atoms with Crippen LogP contribution in [0.4, 0.5) is 5.69 Å². The molecule has 7 heteroatoms. The van der Waals surface area contributed by atoms with E-state index in [0.717, 1.165) is 0 Å². The third-order valence-corrected chi connectivity index (χ3v) is 4.08. The normalized spacial score (nSPS) is 21.4. The molecule has 1 atom stereocenters. The summed E-state index contributed by atoms with van der Waals surface area (Å²) in [6.07, 6.45) is 0. The van der Waals surface area contributed by atoms with Gasteiger partial charge in [0.25, 0.3) is 5.91 Å². The molecule has 2 aliphatic heterocycles. The Kier molecular flexibility index (Phi) is 4.22. The maximum Gasteiger partial charge on any atom is 0.265 e. The maximum atomic E-state index is 12.5. The Balaban J connectivity index is 1.81. The number of rotatable bonds is 2. The van der Waals surface area contributed by atoms with Crippen LogP contribution in [0.2, 0.25) is 5.02 Å². The summed E-state index contributed by atoms with van der Waals surface area (Å²) in [5.74, 6) is 0.216. The molecule has 0 N–H and O–H groups in total. The van der Waals surface area contributed by atoms with Crippen LogP contribution in [0.3, 0.4) is 0 Å². The second kappa shape index (κ2) is 6.14. The molecule has 3 rings (SSSR count). The molecule has 6 nitrogen and oxygen atoms in total. The van der Waals surface area contributed by atoms with Crippen molar-refractivity contribution in [1.82, 2.24) is 4.90 Å². The molecule has 1 aromatic rings. The minimum absolute atomic E-state index is 0.0104. The van der Waals surface area contributed by atoms with Gasteiger partial charge < -0.3 is 14.4 Å². The predicted octanol–water partition coefficient (Wildman–Crippen LogP) is 1.31. The van der Waals surface area contributed by atoms with E-state index >= 15 is 0 Å². The Morgan fingerprint density at radius 1 is 1.45 bits per heavy atom. The lowest BCUT2D eigenvalue weighted by Crippen LogP contribution is -2.52. The van der Waals surface area contributed by atoms with Gasteiger partial charge in [0.05, 0.1) is 24.9 Å². The van der Waals surface area contributed by atoms with E-state index in [9.17, 15) is 9.59 Å². The Labute approximate surface area is 133 Å². The Hall–Kier alpha value is -1.79. The minimum Gasteiger partial charge on any atom is -0.482 e. The molecule has 2 amide bonds. The molecular weight excluding hydrogens is 308 g/mol. The molecule has 2 heterocycles. The first-order valence-electron chi connectivity index (χ1n) is 7.16. The fourth-order valence-corrected chi connectivity index (χ4v) is 2.84. The molecule has 0 saturated carbocycles. The molecule has 2 aliphatic rings. The van der Waals surface area contributed by atoms with E-state index < -0.39 is 0 Å². The maximum absolute atomic E-state index is 12.5. The van der Waals surface area contributed by atoms with Gasteiger partial charge in [-0.25, -0.2) is 0 Å². The van der Waals surface area contributed by atoms with Crippen molar-refractivity contribution in [2.45, 2.75) is 13.0 Å². The lowest BCUT2D eigenvalue weighted by Gasteiger charge is -2.36. The minimum atomic E-state index is -0.246. The summed E-state index contributed by atoms with van der Waals surface area (Å²) >= 11 is 5.99. The van der Waals surface area contributed by atoms with Crippen molar-refractivity contribution >= 4 is 29.1 Å². The lowest BCUT2D eigenvalue weighted by atomic mass is 10.2. The van der Waals surface area contributed by atoms with Crippen LogP contribution in [0.5, 0.6) is 5.75 Å². The molecule has 0 aromatic heterocycles. The molecular formula is C15H17ClN2O4. The number of anilines is 1. The number of carbonyl (C=O) groups excluding carboxylic acids is 2. The number of hydrogen-bond acceptors (Lipinski definition) is 4. The molecule has 0 bridgehead atoms. The van der Waals surface area contributed by atoms with Crippen LogP contribution in [0, 0.1) is 0 Å². The average molecular weight is 325 g/mol. The van der Waals surface area contributed by atoms with Crippen molar-refractivity contribution in [3.8, 4) is 5.75 Å². The smallest absolute Gasteiger partial charge is 0.265 e. The van der Waals surface area contributed by atoms with Crippen LogP contribution in [0.25, 0.3) is 0 Å². The number of ether oxygens (including phenoxy) is 2. The van der Waals surface area contributed by atoms with E-state index in [1.807, 2.05) is 6.92 Å². The first-order valence-corrected chi connectivity index (χ1v) is 7.54. The van der Waals surface area contributed by atoms with Gasteiger partial charge in [0.15, 0.2) is 6.61 Å². The van der Waals surface area contributed by atoms with E-state index in [2.05, 4.69) is 0 Å². The SMILES string of the molecule is C[C@H]1COCCN1C(=O)CN1C(=O)COc2ccc(Cl)cc21. The van der Waals surface area contributed by atoms with Gasteiger partial charge in [0.1, 0.15) is 12.3 Å². The van der Waals surface area contributed by atoms with E-state index in [-0.39, 0.29) is 31.0 Å². The Bertz CT molecular complexity index is 607. The summed E-state index contributed by atoms with van der Waals surface area (Å²) in [7, 11) is 0. The van der Waals surface area contributed by atoms with Crippen molar-refractivity contribution in [3.63, 3.8) is 0 Å². The highest BCUT2D eigenvalue weighted by Crippen LogP contribution is 2.34. The van der Waals surface area contributed by atoms with Crippen LogP contribution in [0.1, 0.15) is 6.92 Å².